The number of carbonyl (C=O) groups excluding carboxylic acids is 2. The van der Waals surface area contributed by atoms with Gasteiger partial charge in [-0.2, -0.15) is 0 Å². The van der Waals surface area contributed by atoms with Crippen molar-refractivity contribution in [2.45, 2.75) is 27.7 Å². The van der Waals surface area contributed by atoms with Crippen molar-refractivity contribution in [1.82, 2.24) is 0 Å². The molecule has 0 aromatic heterocycles. The molecule has 0 aliphatic heterocycles. The van der Waals surface area contributed by atoms with E-state index in [2.05, 4.69) is 9.47 Å². The number of allylic oxidation sites excluding steroid dienone is 12. The second-order valence-electron chi connectivity index (χ2n) is 5.61. The highest BCUT2D eigenvalue weighted by Crippen LogP contribution is 2.02. The molecule has 0 aliphatic carbocycles. The van der Waals surface area contributed by atoms with Crippen molar-refractivity contribution in [2.24, 2.45) is 0 Å². The number of ether oxygens (including phenoxy) is 2. The zero-order valence-corrected chi connectivity index (χ0v) is 16.4. The third-order valence-electron chi connectivity index (χ3n) is 3.25. The van der Waals surface area contributed by atoms with E-state index in [9.17, 15) is 9.59 Å². The van der Waals surface area contributed by atoms with E-state index in [1.54, 1.807) is 26.0 Å². The normalized spacial score (nSPS) is 14.5. The van der Waals surface area contributed by atoms with E-state index in [-0.39, 0.29) is 11.9 Å². The van der Waals surface area contributed by atoms with Gasteiger partial charge in [0.15, 0.2) is 0 Å². The van der Waals surface area contributed by atoms with Crippen molar-refractivity contribution in [1.29, 1.82) is 0 Å². The lowest BCUT2D eigenvalue weighted by Gasteiger charge is -1.95. The standard InChI is InChI=1S/C22H28O4/c1-17(13-9-15-19(3)21(23)25-5)11-7-8-12-18(2)14-10-16-20(4)22(24)26-6/h7-16H,1-6H3/b8-7+,13-9+,14-10+,17-11-,18-12+,19-15+,20-16+. The summed E-state index contributed by atoms with van der Waals surface area (Å²) in [6.45, 7) is 7.36. The summed E-state index contributed by atoms with van der Waals surface area (Å²) in [6, 6.07) is 0. The highest BCUT2D eigenvalue weighted by atomic mass is 16.5. The van der Waals surface area contributed by atoms with Gasteiger partial charge in [-0.25, -0.2) is 9.59 Å². The van der Waals surface area contributed by atoms with Crippen LogP contribution in [0.25, 0.3) is 0 Å². The first kappa shape index (κ1) is 23.1. The van der Waals surface area contributed by atoms with Gasteiger partial charge in [-0.05, 0) is 27.7 Å². The first-order valence-electron chi connectivity index (χ1n) is 8.20. The second-order valence-corrected chi connectivity index (χ2v) is 5.61. The van der Waals surface area contributed by atoms with Crippen molar-refractivity contribution in [3.63, 3.8) is 0 Å². The van der Waals surface area contributed by atoms with Crippen LogP contribution in [0.15, 0.2) is 83.1 Å². The Morgan fingerprint density at radius 3 is 1.23 bits per heavy atom. The Labute approximate surface area is 156 Å². The van der Waals surface area contributed by atoms with Crippen LogP contribution in [0, 0.1) is 0 Å². The third-order valence-corrected chi connectivity index (χ3v) is 3.25. The van der Waals surface area contributed by atoms with Crippen molar-refractivity contribution < 1.29 is 19.1 Å². The maximum absolute atomic E-state index is 11.2. The third kappa shape index (κ3) is 10.8. The molecule has 4 nitrogen and oxygen atoms in total. The van der Waals surface area contributed by atoms with E-state index in [1.165, 1.54) is 14.2 Å². The van der Waals surface area contributed by atoms with Gasteiger partial charge in [0.2, 0.25) is 0 Å². The van der Waals surface area contributed by atoms with Gasteiger partial charge >= 0.3 is 11.9 Å². The van der Waals surface area contributed by atoms with Gasteiger partial charge in [0.25, 0.3) is 0 Å². The van der Waals surface area contributed by atoms with Crippen LogP contribution in [0.1, 0.15) is 27.7 Å². The first-order valence-corrected chi connectivity index (χ1v) is 8.20. The van der Waals surface area contributed by atoms with E-state index in [1.807, 2.05) is 62.5 Å². The van der Waals surface area contributed by atoms with Crippen LogP contribution in [0.2, 0.25) is 0 Å². The molecule has 0 rings (SSSR count). The molecule has 0 bridgehead atoms. The maximum atomic E-state index is 11.2. The highest BCUT2D eigenvalue weighted by Gasteiger charge is 2.00. The average Bonchev–Trinajstić information content (AvgIpc) is 2.63. The molecule has 0 spiro atoms. The molecule has 0 radical (unpaired) electrons. The highest BCUT2D eigenvalue weighted by molar-refractivity contribution is 5.88. The van der Waals surface area contributed by atoms with E-state index in [0.717, 1.165) is 11.1 Å². The molecule has 0 atom stereocenters. The molecular weight excluding hydrogens is 328 g/mol. The largest absolute Gasteiger partial charge is 0.466 e. The van der Waals surface area contributed by atoms with Gasteiger partial charge in [0.05, 0.1) is 14.2 Å². The predicted octanol–water partition coefficient (Wildman–Crippen LogP) is 4.79. The van der Waals surface area contributed by atoms with E-state index in [4.69, 9.17) is 0 Å². The molecule has 0 aromatic rings. The van der Waals surface area contributed by atoms with Gasteiger partial charge in [0.1, 0.15) is 0 Å². The van der Waals surface area contributed by atoms with E-state index in [0.29, 0.717) is 11.1 Å². The van der Waals surface area contributed by atoms with Crippen molar-refractivity contribution in [3.8, 4) is 0 Å². The van der Waals surface area contributed by atoms with Crippen LogP contribution in [-0.2, 0) is 19.1 Å². The zero-order chi connectivity index (χ0) is 19.9. The molecule has 26 heavy (non-hydrogen) atoms. The fourth-order valence-corrected chi connectivity index (χ4v) is 1.67. The number of esters is 2. The first-order chi connectivity index (χ1) is 12.3. The fourth-order valence-electron chi connectivity index (χ4n) is 1.67. The summed E-state index contributed by atoms with van der Waals surface area (Å²) in [6.07, 6.45) is 18.7. The van der Waals surface area contributed by atoms with Gasteiger partial charge in [-0.3, -0.25) is 0 Å². The van der Waals surface area contributed by atoms with Gasteiger partial charge < -0.3 is 9.47 Å². The molecule has 0 saturated carbocycles. The van der Waals surface area contributed by atoms with Crippen LogP contribution in [-0.4, -0.2) is 26.2 Å². The SMILES string of the molecule is COC(=O)/C(C)=C/C=C/C(C)=C\C=C\C=C(C)\C=C\C=C(/C)C(=O)OC. The summed E-state index contributed by atoms with van der Waals surface area (Å²) >= 11 is 0. The Kier molecular flexibility index (Phi) is 11.9. The van der Waals surface area contributed by atoms with E-state index >= 15 is 0 Å². The minimum Gasteiger partial charge on any atom is -0.466 e. The average molecular weight is 356 g/mol. The Morgan fingerprint density at radius 1 is 0.577 bits per heavy atom. The molecule has 0 saturated heterocycles. The summed E-state index contributed by atoms with van der Waals surface area (Å²) < 4.78 is 9.25. The van der Waals surface area contributed by atoms with Crippen LogP contribution in [0.4, 0.5) is 0 Å². The fraction of sp³-hybridized carbons (Fsp3) is 0.273. The molecular formula is C22H28O4. The zero-order valence-electron chi connectivity index (χ0n) is 16.4. The number of methoxy groups -OCH3 is 2. The van der Waals surface area contributed by atoms with Crippen LogP contribution in [0.3, 0.4) is 0 Å². The Morgan fingerprint density at radius 2 is 0.923 bits per heavy atom. The Bertz CT molecular complexity index is 636. The summed E-state index contributed by atoms with van der Waals surface area (Å²) in [5.41, 5.74) is 3.20. The second kappa shape index (κ2) is 13.4. The molecule has 0 unspecified atom stereocenters. The minimum absolute atomic E-state index is 0.332. The topological polar surface area (TPSA) is 52.6 Å². The van der Waals surface area contributed by atoms with Crippen LogP contribution in [0.5, 0.6) is 0 Å². The van der Waals surface area contributed by atoms with Gasteiger partial charge in [0, 0.05) is 11.1 Å². The number of carbonyl (C=O) groups is 2. The van der Waals surface area contributed by atoms with Gasteiger partial charge in [-0.15, -0.1) is 0 Å². The molecule has 0 aromatic carbocycles. The van der Waals surface area contributed by atoms with E-state index < -0.39 is 0 Å². The summed E-state index contributed by atoms with van der Waals surface area (Å²) in [5.74, 6) is -0.664. The summed E-state index contributed by atoms with van der Waals surface area (Å²) in [5, 5.41) is 0. The lowest BCUT2D eigenvalue weighted by molar-refractivity contribution is -0.136. The Balaban J connectivity index is 4.67. The summed E-state index contributed by atoms with van der Waals surface area (Å²) in [4.78, 5) is 22.5. The lowest BCUT2D eigenvalue weighted by Crippen LogP contribution is -2.00. The monoisotopic (exact) mass is 356 g/mol. The Hall–Kier alpha value is -2.88. The van der Waals surface area contributed by atoms with Crippen molar-refractivity contribution >= 4 is 11.9 Å². The molecule has 0 fully saturated rings. The quantitative estimate of drug-likeness (QED) is 0.357. The lowest BCUT2D eigenvalue weighted by atomic mass is 10.2. The molecule has 0 aliphatic rings. The molecule has 140 valence electrons. The number of hydrogen-bond donors (Lipinski definition) is 0. The van der Waals surface area contributed by atoms with Crippen molar-refractivity contribution in [3.05, 3.63) is 83.1 Å². The molecule has 4 heteroatoms. The van der Waals surface area contributed by atoms with Crippen LogP contribution >= 0.6 is 0 Å². The van der Waals surface area contributed by atoms with Gasteiger partial charge in [-0.1, -0.05) is 71.9 Å². The maximum Gasteiger partial charge on any atom is 0.333 e. The summed E-state index contributed by atoms with van der Waals surface area (Å²) in [7, 11) is 2.72. The molecule has 0 amide bonds. The molecule has 0 heterocycles. The molecule has 0 N–H and O–H groups in total. The minimum atomic E-state index is -0.332. The van der Waals surface area contributed by atoms with Crippen molar-refractivity contribution in [2.75, 3.05) is 14.2 Å². The smallest absolute Gasteiger partial charge is 0.333 e. The number of hydrogen-bond acceptors (Lipinski definition) is 4. The van der Waals surface area contributed by atoms with Crippen LogP contribution < -0.4 is 0 Å². The number of rotatable bonds is 8. The predicted molar refractivity (Wildman–Crippen MR) is 106 cm³/mol.